The summed E-state index contributed by atoms with van der Waals surface area (Å²) >= 11 is 1.70. The van der Waals surface area contributed by atoms with Gasteiger partial charge in [0.2, 0.25) is 11.8 Å². The van der Waals surface area contributed by atoms with Crippen molar-refractivity contribution >= 4 is 29.5 Å². The fourth-order valence-electron chi connectivity index (χ4n) is 6.03. The summed E-state index contributed by atoms with van der Waals surface area (Å²) < 4.78 is 5.37. The van der Waals surface area contributed by atoms with E-state index in [1.807, 2.05) is 99.6 Å². The number of carbonyl (C=O) groups excluding carboxylic acids is 2. The highest BCUT2D eigenvalue weighted by atomic mass is 32.2. The van der Waals surface area contributed by atoms with Gasteiger partial charge in [0.25, 0.3) is 0 Å². The van der Waals surface area contributed by atoms with Crippen LogP contribution in [0.3, 0.4) is 0 Å². The van der Waals surface area contributed by atoms with Crippen molar-refractivity contribution in [3.8, 4) is 5.75 Å². The summed E-state index contributed by atoms with van der Waals surface area (Å²) in [5.74, 6) is -1.04. The molecule has 9 nitrogen and oxygen atoms in total. The number of aliphatic carboxylic acids is 1. The fourth-order valence-corrected chi connectivity index (χ4v) is 7.62. The number of nitrogens with two attached hydrogens (primary N) is 2. The average molecular weight is 725 g/mol. The lowest BCUT2D eigenvalue weighted by molar-refractivity contribution is -0.142. The van der Waals surface area contributed by atoms with E-state index < -0.39 is 40.7 Å². The first-order valence-electron chi connectivity index (χ1n) is 17.8. The maximum absolute atomic E-state index is 13.7. The molecule has 0 aliphatic carbocycles. The first-order chi connectivity index (χ1) is 24.9. The number of hydrogen-bond donors (Lipinski definition) is 5. The minimum Gasteiger partial charge on any atom is -0.488 e. The molecule has 0 fully saturated rings. The van der Waals surface area contributed by atoms with Gasteiger partial charge in [0.15, 0.2) is 0 Å². The van der Waals surface area contributed by atoms with Gasteiger partial charge in [0.1, 0.15) is 23.4 Å². The maximum Gasteiger partial charge on any atom is 0.326 e. The minimum absolute atomic E-state index is 0.128. The Morgan fingerprint density at radius 1 is 0.712 bits per heavy atom. The largest absolute Gasteiger partial charge is 0.488 e. The summed E-state index contributed by atoms with van der Waals surface area (Å²) in [6.45, 7) is 6.29. The van der Waals surface area contributed by atoms with Crippen LogP contribution in [0, 0.1) is 0 Å². The average Bonchev–Trinajstić information content (AvgIpc) is 3.14. The van der Waals surface area contributed by atoms with Crippen molar-refractivity contribution in [2.45, 2.75) is 81.3 Å². The van der Waals surface area contributed by atoms with Crippen molar-refractivity contribution in [2.24, 2.45) is 11.5 Å². The number of carbonyl (C=O) groups is 3. The number of ether oxygens (including phenoxy) is 1. The van der Waals surface area contributed by atoms with Crippen LogP contribution in [0.15, 0.2) is 115 Å². The summed E-state index contributed by atoms with van der Waals surface area (Å²) in [4.78, 5) is 39.3. The van der Waals surface area contributed by atoms with Crippen LogP contribution in [0.25, 0.3) is 0 Å². The molecule has 0 saturated heterocycles. The highest BCUT2D eigenvalue weighted by molar-refractivity contribution is 8.00. The van der Waals surface area contributed by atoms with Crippen molar-refractivity contribution in [1.82, 2.24) is 10.6 Å². The number of nitrogens with one attached hydrogen (secondary N) is 2. The molecule has 3 atom stereocenters. The standard InChI is InChI=1S/C42H52N4O5S/c1-41(2,3)51-34-24-22-30(23-25-34)29-37(39(48)45-36(40(49)50)21-13-14-27-43)46-38(47)35(44)26-28-52-42(31-15-7-4-8-16-31,32-17-9-5-10-18-32)33-19-11-6-12-20-33/h4-12,15-20,22-25,35-37H,13-14,21,26-29,43-44H2,1-3H3,(H,45,48)(H,46,47)(H,49,50)/t35-,36-,37-/m0/s1. The van der Waals surface area contributed by atoms with Gasteiger partial charge in [-0.25, -0.2) is 4.79 Å². The Balaban J connectivity index is 1.53. The maximum atomic E-state index is 13.7. The summed E-state index contributed by atoms with van der Waals surface area (Å²) in [6.07, 6.45) is 1.85. The molecule has 276 valence electrons. The molecule has 2 amide bonds. The molecule has 0 saturated carbocycles. The van der Waals surface area contributed by atoms with Crippen LogP contribution in [-0.2, 0) is 25.6 Å². The summed E-state index contributed by atoms with van der Waals surface area (Å²) in [6, 6.07) is 35.0. The highest BCUT2D eigenvalue weighted by Crippen LogP contribution is 2.48. The molecular weight excluding hydrogens is 673 g/mol. The second-order valence-electron chi connectivity index (χ2n) is 13.8. The Labute approximate surface area is 311 Å². The second-order valence-corrected chi connectivity index (χ2v) is 15.1. The van der Waals surface area contributed by atoms with Crippen molar-refractivity contribution < 1.29 is 24.2 Å². The van der Waals surface area contributed by atoms with E-state index in [1.165, 1.54) is 0 Å². The Kier molecular flexibility index (Phi) is 14.9. The van der Waals surface area contributed by atoms with Gasteiger partial charge in [-0.1, -0.05) is 103 Å². The Hall–Kier alpha value is -4.64. The highest BCUT2D eigenvalue weighted by Gasteiger charge is 2.37. The third-order valence-corrected chi connectivity index (χ3v) is 10.2. The van der Waals surface area contributed by atoms with Crippen LogP contribution in [-0.4, -0.2) is 58.9 Å². The van der Waals surface area contributed by atoms with Gasteiger partial charge in [0.05, 0.1) is 10.8 Å². The predicted molar refractivity (Wildman–Crippen MR) is 209 cm³/mol. The number of thioether (sulfide) groups is 1. The van der Waals surface area contributed by atoms with Gasteiger partial charge in [-0.3, -0.25) is 9.59 Å². The van der Waals surface area contributed by atoms with Crippen LogP contribution in [0.1, 0.15) is 68.7 Å². The normalized spacial score (nSPS) is 13.4. The van der Waals surface area contributed by atoms with Gasteiger partial charge < -0.3 is 31.9 Å². The first kappa shape index (κ1) is 40.1. The van der Waals surface area contributed by atoms with Crippen LogP contribution in [0.4, 0.5) is 0 Å². The van der Waals surface area contributed by atoms with E-state index in [9.17, 15) is 19.5 Å². The van der Waals surface area contributed by atoms with E-state index in [-0.39, 0.29) is 18.4 Å². The van der Waals surface area contributed by atoms with E-state index in [2.05, 4.69) is 47.0 Å². The van der Waals surface area contributed by atoms with Crippen LogP contribution < -0.4 is 26.8 Å². The van der Waals surface area contributed by atoms with Crippen LogP contribution in [0.2, 0.25) is 0 Å². The predicted octanol–water partition coefficient (Wildman–Crippen LogP) is 6.03. The molecule has 0 aromatic heterocycles. The molecule has 0 unspecified atom stereocenters. The molecule has 0 spiro atoms. The van der Waals surface area contributed by atoms with E-state index in [0.717, 1.165) is 22.3 Å². The molecule has 10 heteroatoms. The number of hydrogen-bond acceptors (Lipinski definition) is 7. The van der Waals surface area contributed by atoms with Crippen LogP contribution >= 0.6 is 11.8 Å². The van der Waals surface area contributed by atoms with E-state index in [1.54, 1.807) is 11.8 Å². The lowest BCUT2D eigenvalue weighted by atomic mass is 9.84. The SMILES string of the molecule is CC(C)(C)Oc1ccc(C[C@H](NC(=O)[C@@H](N)CCSC(c2ccccc2)(c2ccccc2)c2ccccc2)C(=O)N[C@@H](CCCCN)C(=O)O)cc1. The third kappa shape index (κ3) is 11.4. The molecule has 4 aromatic rings. The molecule has 0 aliphatic rings. The number of benzene rings is 4. The van der Waals surface area contributed by atoms with Crippen molar-refractivity contribution in [2.75, 3.05) is 12.3 Å². The van der Waals surface area contributed by atoms with Crippen molar-refractivity contribution in [3.63, 3.8) is 0 Å². The monoisotopic (exact) mass is 724 g/mol. The zero-order valence-electron chi connectivity index (χ0n) is 30.3. The number of unbranched alkanes of at least 4 members (excludes halogenated alkanes) is 1. The molecule has 0 radical (unpaired) electrons. The summed E-state index contributed by atoms with van der Waals surface area (Å²) in [7, 11) is 0. The lowest BCUT2D eigenvalue weighted by Crippen LogP contribution is -2.55. The zero-order chi connectivity index (χ0) is 37.6. The number of carboxylic acids is 1. The Bertz CT molecular complexity index is 1600. The minimum atomic E-state index is -1.15. The molecule has 4 aromatic carbocycles. The summed E-state index contributed by atoms with van der Waals surface area (Å²) in [5, 5.41) is 15.3. The van der Waals surface area contributed by atoms with E-state index in [4.69, 9.17) is 16.2 Å². The Morgan fingerprint density at radius 3 is 1.67 bits per heavy atom. The van der Waals surface area contributed by atoms with Gasteiger partial charge in [0, 0.05) is 6.42 Å². The van der Waals surface area contributed by atoms with E-state index in [0.29, 0.717) is 37.3 Å². The van der Waals surface area contributed by atoms with Gasteiger partial charge in [-0.2, -0.15) is 0 Å². The number of rotatable bonds is 19. The Morgan fingerprint density at radius 2 is 1.21 bits per heavy atom. The quantitative estimate of drug-likeness (QED) is 0.0580. The molecule has 7 N–H and O–H groups in total. The van der Waals surface area contributed by atoms with Gasteiger partial charge in [-0.05, 0) is 93.1 Å². The zero-order valence-corrected chi connectivity index (χ0v) is 31.1. The topological polar surface area (TPSA) is 157 Å². The molecule has 52 heavy (non-hydrogen) atoms. The smallest absolute Gasteiger partial charge is 0.326 e. The molecule has 4 rings (SSSR count). The number of amides is 2. The molecule has 0 heterocycles. The summed E-state index contributed by atoms with van der Waals surface area (Å²) in [5.41, 5.74) is 15.8. The fraction of sp³-hybridized carbons (Fsp3) is 0.357. The first-order valence-corrected chi connectivity index (χ1v) is 18.8. The van der Waals surface area contributed by atoms with Gasteiger partial charge in [-0.15, -0.1) is 11.8 Å². The number of carboxylic acid groups (broad SMARTS) is 1. The van der Waals surface area contributed by atoms with E-state index >= 15 is 0 Å². The van der Waals surface area contributed by atoms with Crippen molar-refractivity contribution in [1.29, 1.82) is 0 Å². The molecule has 0 bridgehead atoms. The third-order valence-electron chi connectivity index (χ3n) is 8.61. The molecule has 0 aliphatic heterocycles. The van der Waals surface area contributed by atoms with Crippen LogP contribution in [0.5, 0.6) is 5.75 Å². The van der Waals surface area contributed by atoms with Crippen molar-refractivity contribution in [3.05, 3.63) is 138 Å². The second kappa shape index (κ2) is 19.3. The van der Waals surface area contributed by atoms with Gasteiger partial charge >= 0.3 is 5.97 Å². The molecular formula is C42H52N4O5S. The lowest BCUT2D eigenvalue weighted by Gasteiger charge is -2.35.